The van der Waals surface area contributed by atoms with Gasteiger partial charge in [0.1, 0.15) is 12.3 Å². The maximum atomic E-state index is 13.8. The zero-order valence-corrected chi connectivity index (χ0v) is 23.3. The lowest BCUT2D eigenvalue weighted by Gasteiger charge is -2.26. The molecule has 0 radical (unpaired) electrons. The van der Waals surface area contributed by atoms with Crippen molar-refractivity contribution in [2.75, 3.05) is 23.3 Å². The Morgan fingerprint density at radius 2 is 1.50 bits per heavy atom. The lowest BCUT2D eigenvalue weighted by molar-refractivity contribution is -0.114. The molecule has 9 heteroatoms. The molecule has 206 valence electrons. The number of methoxy groups -OCH3 is 1. The van der Waals surface area contributed by atoms with Gasteiger partial charge in [0.05, 0.1) is 35.0 Å². The van der Waals surface area contributed by atoms with Gasteiger partial charge in [-0.2, -0.15) is 0 Å². The molecule has 0 fully saturated rings. The van der Waals surface area contributed by atoms with Gasteiger partial charge in [-0.1, -0.05) is 66.7 Å². The van der Waals surface area contributed by atoms with Crippen LogP contribution in [-0.4, -0.2) is 33.9 Å². The second-order valence-electron chi connectivity index (χ2n) is 9.20. The predicted octanol–water partition coefficient (Wildman–Crippen LogP) is 5.33. The first kappa shape index (κ1) is 28.4. The van der Waals surface area contributed by atoms with Crippen molar-refractivity contribution < 1.29 is 22.7 Å². The average Bonchev–Trinajstić information content (AvgIpc) is 2.97. The standard InChI is InChI=1S/C31H31N3O5S/c1-22-18-19-29(39-3)28(20-22)34(40(37,38)25-14-8-5-9-15-25)21-30(35)33-27-17-11-10-16-26(27)31(36)32-23(2)24-12-6-4-7-13-24/h4-20,23H,21H2,1-3H3,(H,32,36)(H,33,35)/t23-/m0/s1. The van der Waals surface area contributed by atoms with E-state index >= 15 is 0 Å². The van der Waals surface area contributed by atoms with Crippen LogP contribution in [0.4, 0.5) is 11.4 Å². The molecule has 0 aliphatic heterocycles. The Balaban J connectivity index is 1.62. The van der Waals surface area contributed by atoms with Crippen molar-refractivity contribution >= 4 is 33.2 Å². The Labute approximate surface area is 234 Å². The number of amides is 2. The number of rotatable bonds is 10. The largest absolute Gasteiger partial charge is 0.495 e. The minimum atomic E-state index is -4.15. The fourth-order valence-electron chi connectivity index (χ4n) is 4.22. The third-order valence-corrected chi connectivity index (χ3v) is 8.09. The summed E-state index contributed by atoms with van der Waals surface area (Å²) in [5.41, 5.74) is 2.47. The van der Waals surface area contributed by atoms with Crippen molar-refractivity contribution in [3.05, 3.63) is 120 Å². The number of aryl methyl sites for hydroxylation is 1. The van der Waals surface area contributed by atoms with E-state index in [2.05, 4.69) is 10.6 Å². The number of anilines is 2. The smallest absolute Gasteiger partial charge is 0.264 e. The first-order chi connectivity index (χ1) is 19.2. The summed E-state index contributed by atoms with van der Waals surface area (Å²) in [6, 6.07) is 28.8. The third kappa shape index (κ3) is 6.50. The van der Waals surface area contributed by atoms with Crippen molar-refractivity contribution in [3.63, 3.8) is 0 Å². The lowest BCUT2D eigenvalue weighted by atomic mass is 10.1. The van der Waals surface area contributed by atoms with E-state index in [9.17, 15) is 18.0 Å². The van der Waals surface area contributed by atoms with Crippen LogP contribution in [0.2, 0.25) is 0 Å². The van der Waals surface area contributed by atoms with E-state index in [-0.39, 0.29) is 33.8 Å². The van der Waals surface area contributed by atoms with E-state index in [0.717, 1.165) is 15.4 Å². The summed E-state index contributed by atoms with van der Waals surface area (Å²) < 4.78 is 34.0. The van der Waals surface area contributed by atoms with Crippen LogP contribution in [-0.2, 0) is 14.8 Å². The molecule has 0 bridgehead atoms. The van der Waals surface area contributed by atoms with Gasteiger partial charge in [0.2, 0.25) is 5.91 Å². The Bertz CT molecular complexity index is 1590. The minimum Gasteiger partial charge on any atom is -0.495 e. The van der Waals surface area contributed by atoms with Crippen LogP contribution in [0, 0.1) is 6.92 Å². The van der Waals surface area contributed by atoms with Gasteiger partial charge in [-0.05, 0) is 61.4 Å². The summed E-state index contributed by atoms with van der Waals surface area (Å²) >= 11 is 0. The Kier molecular flexibility index (Phi) is 8.86. The molecule has 0 unspecified atom stereocenters. The van der Waals surface area contributed by atoms with Crippen molar-refractivity contribution in [2.45, 2.75) is 24.8 Å². The van der Waals surface area contributed by atoms with Gasteiger partial charge in [0.25, 0.3) is 15.9 Å². The number of hydrogen-bond donors (Lipinski definition) is 2. The quantitative estimate of drug-likeness (QED) is 0.274. The molecule has 1 atom stereocenters. The molecule has 4 rings (SSSR count). The average molecular weight is 558 g/mol. The highest BCUT2D eigenvalue weighted by molar-refractivity contribution is 7.92. The van der Waals surface area contributed by atoms with Gasteiger partial charge in [-0.15, -0.1) is 0 Å². The van der Waals surface area contributed by atoms with Gasteiger partial charge < -0.3 is 15.4 Å². The summed E-state index contributed by atoms with van der Waals surface area (Å²) in [6.45, 7) is 3.14. The molecular formula is C31H31N3O5S. The highest BCUT2D eigenvalue weighted by atomic mass is 32.2. The van der Waals surface area contributed by atoms with E-state index in [1.807, 2.05) is 44.2 Å². The molecule has 0 saturated heterocycles. The lowest BCUT2D eigenvalue weighted by Crippen LogP contribution is -2.38. The van der Waals surface area contributed by atoms with Crippen molar-refractivity contribution in [3.8, 4) is 5.75 Å². The number of sulfonamides is 1. The minimum absolute atomic E-state index is 0.0287. The van der Waals surface area contributed by atoms with Crippen molar-refractivity contribution in [2.24, 2.45) is 0 Å². The molecule has 8 nitrogen and oxygen atoms in total. The highest BCUT2D eigenvalue weighted by Gasteiger charge is 2.30. The summed E-state index contributed by atoms with van der Waals surface area (Å²) in [4.78, 5) is 26.6. The highest BCUT2D eigenvalue weighted by Crippen LogP contribution is 2.33. The fourth-order valence-corrected chi connectivity index (χ4v) is 5.67. The van der Waals surface area contributed by atoms with Crippen LogP contribution in [0.15, 0.2) is 108 Å². The normalized spacial score (nSPS) is 11.8. The number of benzene rings is 4. The van der Waals surface area contributed by atoms with Crippen LogP contribution >= 0.6 is 0 Å². The second-order valence-corrected chi connectivity index (χ2v) is 11.1. The Morgan fingerprint density at radius 1 is 0.875 bits per heavy atom. The van der Waals surface area contributed by atoms with Crippen LogP contribution in [0.5, 0.6) is 5.75 Å². The fraction of sp³-hybridized carbons (Fsp3) is 0.161. The SMILES string of the molecule is COc1ccc(C)cc1N(CC(=O)Nc1ccccc1C(=O)N[C@@H](C)c1ccccc1)S(=O)(=O)c1ccccc1. The van der Waals surface area contributed by atoms with Crippen LogP contribution in [0.25, 0.3) is 0 Å². The number of nitrogens with zero attached hydrogens (tertiary/aromatic N) is 1. The molecule has 4 aromatic rings. The zero-order valence-electron chi connectivity index (χ0n) is 22.5. The molecule has 4 aromatic carbocycles. The molecule has 0 aliphatic rings. The van der Waals surface area contributed by atoms with Gasteiger partial charge in [-0.25, -0.2) is 8.42 Å². The molecule has 40 heavy (non-hydrogen) atoms. The van der Waals surface area contributed by atoms with Gasteiger partial charge >= 0.3 is 0 Å². The zero-order chi connectivity index (χ0) is 28.7. The van der Waals surface area contributed by atoms with E-state index < -0.39 is 22.5 Å². The molecule has 0 aliphatic carbocycles. The second kappa shape index (κ2) is 12.5. The molecule has 0 saturated carbocycles. The third-order valence-electron chi connectivity index (χ3n) is 6.31. The van der Waals surface area contributed by atoms with E-state index in [4.69, 9.17) is 4.74 Å². The molecule has 0 heterocycles. The van der Waals surface area contributed by atoms with Gasteiger partial charge in [0, 0.05) is 0 Å². The van der Waals surface area contributed by atoms with Crippen LogP contribution in [0.1, 0.15) is 34.5 Å². The maximum absolute atomic E-state index is 13.8. The monoisotopic (exact) mass is 557 g/mol. The molecule has 2 amide bonds. The predicted molar refractivity (Wildman–Crippen MR) is 156 cm³/mol. The van der Waals surface area contributed by atoms with Gasteiger partial charge in [0.15, 0.2) is 0 Å². The first-order valence-electron chi connectivity index (χ1n) is 12.7. The first-order valence-corrected chi connectivity index (χ1v) is 14.1. The van der Waals surface area contributed by atoms with E-state index in [1.54, 1.807) is 60.7 Å². The van der Waals surface area contributed by atoms with E-state index in [0.29, 0.717) is 5.75 Å². The van der Waals surface area contributed by atoms with E-state index in [1.165, 1.54) is 19.2 Å². The number of carbonyl (C=O) groups excluding carboxylic acids is 2. The summed E-state index contributed by atoms with van der Waals surface area (Å²) in [5.74, 6) is -0.701. The number of nitrogens with one attached hydrogen (secondary N) is 2. The Morgan fingerprint density at radius 3 is 2.17 bits per heavy atom. The number of para-hydroxylation sites is 1. The van der Waals surface area contributed by atoms with Crippen molar-refractivity contribution in [1.29, 1.82) is 0 Å². The van der Waals surface area contributed by atoms with Gasteiger partial charge in [-0.3, -0.25) is 13.9 Å². The molecular weight excluding hydrogens is 526 g/mol. The number of ether oxygens (including phenoxy) is 1. The van der Waals surface area contributed by atoms with Crippen LogP contribution in [0.3, 0.4) is 0 Å². The maximum Gasteiger partial charge on any atom is 0.264 e. The summed E-state index contributed by atoms with van der Waals surface area (Å²) in [5, 5.41) is 5.68. The van der Waals surface area contributed by atoms with Crippen LogP contribution < -0.4 is 19.7 Å². The summed E-state index contributed by atoms with van der Waals surface area (Å²) in [6.07, 6.45) is 0. The molecule has 2 N–H and O–H groups in total. The molecule has 0 spiro atoms. The number of carbonyl (C=O) groups is 2. The van der Waals surface area contributed by atoms with Crippen molar-refractivity contribution in [1.82, 2.24) is 5.32 Å². The topological polar surface area (TPSA) is 105 Å². The summed E-state index contributed by atoms with van der Waals surface area (Å²) in [7, 11) is -2.71. The Hall–Kier alpha value is -4.63. The number of hydrogen-bond acceptors (Lipinski definition) is 5. The molecule has 0 aromatic heterocycles.